The number of amides is 1. The molecule has 33 heavy (non-hydrogen) atoms. The number of H-pyrrole nitrogens is 1. The first-order valence-electron chi connectivity index (χ1n) is 9.70. The van der Waals surface area contributed by atoms with Gasteiger partial charge in [-0.05, 0) is 29.9 Å². The highest BCUT2D eigenvalue weighted by atomic mass is 31.1. The molecular weight excluding hydrogens is 451 g/mol. The summed E-state index contributed by atoms with van der Waals surface area (Å²) >= 11 is 0. The number of aromatic amines is 1. The van der Waals surface area contributed by atoms with Crippen LogP contribution >= 0.6 is 8.15 Å². The molecule has 2 aromatic carbocycles. The molecule has 0 fully saturated rings. The number of carbonyl (C=O) groups is 1. The Bertz CT molecular complexity index is 1340. The van der Waals surface area contributed by atoms with Gasteiger partial charge in [0.1, 0.15) is 11.4 Å². The summed E-state index contributed by atoms with van der Waals surface area (Å²) in [5.74, 6) is -1.79. The van der Waals surface area contributed by atoms with Crippen molar-refractivity contribution >= 4 is 19.4 Å². The fourth-order valence-electron chi connectivity index (χ4n) is 3.19. The van der Waals surface area contributed by atoms with E-state index < -0.39 is 37.3 Å². The van der Waals surface area contributed by atoms with Crippen molar-refractivity contribution in [3.8, 4) is 5.95 Å². The predicted octanol–water partition coefficient (Wildman–Crippen LogP) is 2.40. The molecule has 2 atom stereocenters. The Hall–Kier alpha value is -3.75. The maximum Gasteiger partial charge on any atom is 0.265 e. The van der Waals surface area contributed by atoms with Gasteiger partial charge in [-0.15, -0.1) is 0 Å². The van der Waals surface area contributed by atoms with Gasteiger partial charge in [0, 0.05) is 11.5 Å². The molecular formula is C22H18F2N5O3P. The number of rotatable bonds is 6. The molecule has 0 bridgehead atoms. The topological polar surface area (TPSA) is 113 Å². The first-order valence-corrected chi connectivity index (χ1v) is 11.4. The second-order valence-electron chi connectivity index (χ2n) is 7.13. The molecule has 0 saturated heterocycles. The molecule has 0 saturated carbocycles. The van der Waals surface area contributed by atoms with Gasteiger partial charge in [0.25, 0.3) is 11.5 Å². The third-order valence-corrected chi connectivity index (χ3v) is 5.92. The van der Waals surface area contributed by atoms with Gasteiger partial charge in [-0.3, -0.25) is 14.6 Å². The molecule has 0 spiro atoms. The van der Waals surface area contributed by atoms with E-state index in [-0.39, 0.29) is 11.5 Å². The Balaban J connectivity index is 1.65. The molecule has 0 aliphatic carbocycles. The lowest BCUT2D eigenvalue weighted by Crippen LogP contribution is -2.34. The zero-order valence-electron chi connectivity index (χ0n) is 17.2. The van der Waals surface area contributed by atoms with Crippen molar-refractivity contribution in [3.05, 3.63) is 106 Å². The summed E-state index contributed by atoms with van der Waals surface area (Å²) in [6.45, 7) is 1.70. The van der Waals surface area contributed by atoms with Crippen molar-refractivity contribution in [2.24, 2.45) is 0 Å². The van der Waals surface area contributed by atoms with E-state index >= 15 is 0 Å². The second-order valence-corrected chi connectivity index (χ2v) is 8.69. The summed E-state index contributed by atoms with van der Waals surface area (Å²) in [6.07, 6.45) is 3.06. The largest absolute Gasteiger partial charge is 0.369 e. The Kier molecular flexibility index (Phi) is 6.39. The third kappa shape index (κ3) is 5.02. The van der Waals surface area contributed by atoms with Crippen LogP contribution in [0.1, 0.15) is 27.5 Å². The van der Waals surface area contributed by atoms with E-state index in [2.05, 4.69) is 20.4 Å². The van der Waals surface area contributed by atoms with Gasteiger partial charge in [-0.25, -0.2) is 18.4 Å². The number of hydrogen-bond acceptors (Lipinski definition) is 5. The van der Waals surface area contributed by atoms with Crippen LogP contribution in [0.25, 0.3) is 5.95 Å². The van der Waals surface area contributed by atoms with Gasteiger partial charge >= 0.3 is 0 Å². The zero-order valence-corrected chi connectivity index (χ0v) is 18.1. The van der Waals surface area contributed by atoms with E-state index in [0.717, 1.165) is 28.6 Å². The number of halogens is 2. The maximum atomic E-state index is 13.5. The van der Waals surface area contributed by atoms with Gasteiger partial charge in [0.15, 0.2) is 5.82 Å². The molecule has 11 heteroatoms. The molecule has 2 heterocycles. The highest BCUT2D eigenvalue weighted by molar-refractivity contribution is 7.59. The molecule has 0 aliphatic heterocycles. The summed E-state index contributed by atoms with van der Waals surface area (Å²) < 4.78 is 27.7. The highest BCUT2D eigenvalue weighted by Crippen LogP contribution is 2.26. The van der Waals surface area contributed by atoms with Crippen LogP contribution in [0.2, 0.25) is 0 Å². The molecule has 0 radical (unpaired) electrons. The van der Waals surface area contributed by atoms with Crippen molar-refractivity contribution < 1.29 is 18.5 Å². The standard InChI is InChI=1S/C22H18F2N5O3P/c1-33(32)17-8-4-14(5-9-17)19(13-2-6-15(23)7-3-13)27-20(30)18-11-25-22(28-21(18)31)29-12-16(24)10-26-29/h2-12,19,32H,1H3,(H,27,30)(H,25,28,31). The van der Waals surface area contributed by atoms with Crippen LogP contribution in [-0.2, 0) is 0 Å². The van der Waals surface area contributed by atoms with Crippen molar-refractivity contribution in [3.63, 3.8) is 0 Å². The summed E-state index contributed by atoms with van der Waals surface area (Å²) in [5.41, 5.74) is 0.262. The van der Waals surface area contributed by atoms with Gasteiger partial charge in [0.2, 0.25) is 5.95 Å². The first-order chi connectivity index (χ1) is 15.8. The van der Waals surface area contributed by atoms with Crippen LogP contribution < -0.4 is 16.2 Å². The van der Waals surface area contributed by atoms with E-state index in [4.69, 9.17) is 0 Å². The molecule has 2 aromatic heterocycles. The summed E-state index contributed by atoms with van der Waals surface area (Å²) in [5, 5.41) is 7.25. The van der Waals surface area contributed by atoms with Crippen molar-refractivity contribution in [2.45, 2.75) is 6.04 Å². The Morgan fingerprint density at radius 3 is 2.24 bits per heavy atom. The lowest BCUT2D eigenvalue weighted by molar-refractivity contribution is 0.0941. The maximum absolute atomic E-state index is 13.5. The number of benzene rings is 2. The molecule has 4 rings (SSSR count). The van der Waals surface area contributed by atoms with Crippen molar-refractivity contribution in [2.75, 3.05) is 6.66 Å². The molecule has 4 aromatic rings. The van der Waals surface area contributed by atoms with Crippen LogP contribution in [0.5, 0.6) is 0 Å². The molecule has 8 nitrogen and oxygen atoms in total. The molecule has 1 amide bonds. The lowest BCUT2D eigenvalue weighted by Gasteiger charge is -2.20. The second kappa shape index (κ2) is 9.40. The van der Waals surface area contributed by atoms with Crippen LogP contribution in [0.15, 0.2) is 71.9 Å². The van der Waals surface area contributed by atoms with Gasteiger partial charge in [-0.2, -0.15) is 5.10 Å². The van der Waals surface area contributed by atoms with Crippen LogP contribution in [0, 0.1) is 11.6 Å². The number of hydrogen-bond donors (Lipinski definition) is 3. The monoisotopic (exact) mass is 469 g/mol. The van der Waals surface area contributed by atoms with E-state index in [9.17, 15) is 23.3 Å². The number of carbonyl (C=O) groups excluding carboxylic acids is 1. The normalized spacial score (nSPS) is 12.8. The third-order valence-electron chi connectivity index (χ3n) is 4.88. The van der Waals surface area contributed by atoms with E-state index in [1.54, 1.807) is 30.9 Å². The highest BCUT2D eigenvalue weighted by Gasteiger charge is 2.21. The lowest BCUT2D eigenvalue weighted by atomic mass is 9.98. The fourth-order valence-corrected chi connectivity index (χ4v) is 3.77. The average Bonchev–Trinajstić information content (AvgIpc) is 3.24. The van der Waals surface area contributed by atoms with E-state index in [1.807, 2.05) is 0 Å². The molecule has 2 unspecified atom stereocenters. The number of nitrogens with zero attached hydrogens (tertiary/aromatic N) is 3. The van der Waals surface area contributed by atoms with E-state index in [0.29, 0.717) is 11.1 Å². The number of nitrogens with one attached hydrogen (secondary N) is 2. The van der Waals surface area contributed by atoms with E-state index in [1.165, 1.54) is 24.3 Å². The molecule has 168 valence electrons. The fraction of sp³-hybridized carbons (Fsp3) is 0.0909. The van der Waals surface area contributed by atoms with Crippen LogP contribution in [-0.4, -0.2) is 37.2 Å². The average molecular weight is 469 g/mol. The quantitative estimate of drug-likeness (QED) is 0.376. The smallest absolute Gasteiger partial charge is 0.265 e. The SMILES string of the molecule is CP(O)c1ccc(C(NC(=O)c2cnc(-n3cc(F)cn3)[nH]c2=O)c2ccc(F)cc2)cc1. The molecule has 3 N–H and O–H groups in total. The summed E-state index contributed by atoms with van der Waals surface area (Å²) in [6, 6.07) is 11.9. The minimum atomic E-state index is -1.29. The van der Waals surface area contributed by atoms with Crippen molar-refractivity contribution in [1.29, 1.82) is 0 Å². The van der Waals surface area contributed by atoms with Gasteiger partial charge < -0.3 is 10.2 Å². The Morgan fingerprint density at radius 1 is 1.06 bits per heavy atom. The molecule has 0 aliphatic rings. The Morgan fingerprint density at radius 2 is 1.70 bits per heavy atom. The Labute approximate surface area is 187 Å². The van der Waals surface area contributed by atoms with Crippen molar-refractivity contribution in [1.82, 2.24) is 25.1 Å². The first kappa shape index (κ1) is 22.4. The minimum absolute atomic E-state index is 0.0498. The van der Waals surface area contributed by atoms with Gasteiger partial charge in [-0.1, -0.05) is 36.4 Å². The predicted molar refractivity (Wildman–Crippen MR) is 119 cm³/mol. The summed E-state index contributed by atoms with van der Waals surface area (Å²) in [7, 11) is -1.29. The summed E-state index contributed by atoms with van der Waals surface area (Å²) in [4.78, 5) is 41.7. The number of aromatic nitrogens is 4. The zero-order chi connectivity index (χ0) is 23.5. The minimum Gasteiger partial charge on any atom is -0.369 e. The van der Waals surface area contributed by atoms with Crippen LogP contribution in [0.3, 0.4) is 0 Å². The van der Waals surface area contributed by atoms with Gasteiger partial charge in [0.05, 0.1) is 26.6 Å². The van der Waals surface area contributed by atoms with Crippen LogP contribution in [0.4, 0.5) is 8.78 Å².